The minimum Gasteiger partial charge on any atom is -0.490 e. The Morgan fingerprint density at radius 3 is 2.46 bits per heavy atom. The van der Waals surface area contributed by atoms with E-state index >= 15 is 4.39 Å². The number of rotatable bonds is 19. The zero-order valence-corrected chi connectivity index (χ0v) is 37.2. The fraction of sp³-hybridized carbons (Fsp3) is 0.362. The van der Waals surface area contributed by atoms with Crippen LogP contribution in [0.5, 0.6) is 5.75 Å². The van der Waals surface area contributed by atoms with Gasteiger partial charge in [-0.05, 0) is 48.4 Å². The number of ketones is 1. The first-order valence-electron chi connectivity index (χ1n) is 22.1. The van der Waals surface area contributed by atoms with Gasteiger partial charge in [0, 0.05) is 88.1 Å². The number of pyridine rings is 1. The number of aliphatic hydroxyl groups excluding tert-OH is 1. The maximum Gasteiger partial charge on any atom is 0.264 e. The van der Waals surface area contributed by atoms with Crippen LogP contribution in [0.4, 0.5) is 15.8 Å². The van der Waals surface area contributed by atoms with Crippen molar-refractivity contribution in [2.45, 2.75) is 57.8 Å². The highest BCUT2D eigenvalue weighted by atomic mass is 19.1. The Kier molecular flexibility index (Phi) is 14.3. The number of amides is 6. The predicted octanol–water partition coefficient (Wildman–Crippen LogP) is 3.66. The first-order valence-corrected chi connectivity index (χ1v) is 22.1. The van der Waals surface area contributed by atoms with E-state index in [9.17, 15) is 38.7 Å². The molecule has 6 heterocycles. The fourth-order valence-electron chi connectivity index (χ4n) is 8.47. The molecule has 3 aromatic heterocycles. The number of aryl methyl sites for hydroxylation is 1. The van der Waals surface area contributed by atoms with Gasteiger partial charge in [0.25, 0.3) is 17.7 Å². The zero-order valence-electron chi connectivity index (χ0n) is 37.2. The highest BCUT2D eigenvalue weighted by molar-refractivity contribution is 6.25. The summed E-state index contributed by atoms with van der Waals surface area (Å²) in [6.45, 7) is 2.67. The van der Waals surface area contributed by atoms with E-state index in [0.29, 0.717) is 60.6 Å². The second-order valence-electron chi connectivity index (χ2n) is 16.4. The molecule has 0 spiro atoms. The Morgan fingerprint density at radius 2 is 1.72 bits per heavy atom. The lowest BCUT2D eigenvalue weighted by molar-refractivity contribution is -0.298. The van der Waals surface area contributed by atoms with E-state index in [0.717, 1.165) is 4.90 Å². The van der Waals surface area contributed by atoms with Gasteiger partial charge in [-0.3, -0.25) is 48.5 Å². The molecule has 3 aliphatic rings. The van der Waals surface area contributed by atoms with Gasteiger partial charge in [0.15, 0.2) is 11.6 Å². The van der Waals surface area contributed by atoms with Crippen molar-refractivity contribution in [1.29, 1.82) is 0 Å². The Morgan fingerprint density at radius 1 is 0.926 bits per heavy atom. The van der Waals surface area contributed by atoms with E-state index < -0.39 is 48.0 Å². The van der Waals surface area contributed by atoms with Crippen LogP contribution >= 0.6 is 0 Å². The van der Waals surface area contributed by atoms with Crippen LogP contribution in [0.2, 0.25) is 0 Å². The number of aromatic nitrogens is 3. The number of carbonyl (C=O) groups is 7. The van der Waals surface area contributed by atoms with Crippen LogP contribution in [0, 0.1) is 5.82 Å². The number of benzene rings is 2. The van der Waals surface area contributed by atoms with E-state index in [1.165, 1.54) is 42.1 Å². The van der Waals surface area contributed by atoms with Gasteiger partial charge in [-0.1, -0.05) is 6.07 Å². The molecule has 356 valence electrons. The maximum atomic E-state index is 15.8. The number of ether oxygens (including phenoxy) is 2. The fourth-order valence-corrected chi connectivity index (χ4v) is 8.47. The summed E-state index contributed by atoms with van der Waals surface area (Å²) in [5.74, 6) is -3.67. The highest BCUT2D eigenvalue weighted by Gasteiger charge is 2.45. The number of hydrogen-bond acceptors (Lipinski definition) is 14. The molecule has 2 fully saturated rings. The summed E-state index contributed by atoms with van der Waals surface area (Å²) in [5.41, 5.74) is 2.30. The van der Waals surface area contributed by atoms with E-state index in [1.807, 2.05) is 0 Å². The molecule has 4 N–H and O–H groups in total. The molecule has 0 radical (unpaired) electrons. The number of anilines is 2. The number of Topliss-reactive ketones (excluding diaryl/α,β-unsaturated/α-hetero) is 1. The van der Waals surface area contributed by atoms with Crippen LogP contribution in [-0.2, 0) is 42.6 Å². The molecule has 5 aromatic rings. The van der Waals surface area contributed by atoms with Crippen molar-refractivity contribution >= 4 is 58.1 Å². The number of nitrogens with one attached hydrogen (secondary N) is 3. The third-order valence-corrected chi connectivity index (χ3v) is 11.8. The molecule has 6 amide bonds. The van der Waals surface area contributed by atoms with E-state index in [-0.39, 0.29) is 97.1 Å². The SMILES string of the molecule is CC(=O)c1cc(C(=O)Nc2cc(CO)cc(-c3cnn(C)c3)c2F)c2cc(OC3CCN(C(=O)CCOOCCOCCNc4cccc5c4C(=O)N(C4CCC(=O)NC4=O)C5=O)CC3)ccn12. The van der Waals surface area contributed by atoms with Crippen molar-refractivity contribution in [2.75, 3.05) is 56.7 Å². The van der Waals surface area contributed by atoms with Gasteiger partial charge in [0.05, 0.1) is 72.6 Å². The van der Waals surface area contributed by atoms with Crippen LogP contribution in [0.15, 0.2) is 67.1 Å². The van der Waals surface area contributed by atoms with E-state index in [1.54, 1.807) is 53.0 Å². The molecule has 68 heavy (non-hydrogen) atoms. The summed E-state index contributed by atoms with van der Waals surface area (Å²) in [6.07, 6.45) is 5.74. The lowest BCUT2D eigenvalue weighted by Crippen LogP contribution is -2.54. The number of fused-ring (bicyclic) bond motifs is 2. The Hall–Kier alpha value is -7.33. The normalized spacial score (nSPS) is 16.3. The van der Waals surface area contributed by atoms with Crippen LogP contribution in [0.3, 0.4) is 0 Å². The molecule has 1 unspecified atom stereocenters. The quantitative estimate of drug-likeness (QED) is 0.0304. The van der Waals surface area contributed by atoms with Crippen molar-refractivity contribution in [2.24, 2.45) is 7.05 Å². The standard InChI is InChI=1S/C47H49FN8O12/c1-27(58)38-23-34(44(61)51-36-21-28(26-57)20-33(43(36)48)29-24-50-53(2)25-29)39-22-31(10-15-55(38)39)68-30-8-13-54(14-9-30)41(60)11-16-66-67-19-18-65-17-12-49-35-5-3-4-32-42(35)47(64)56(46(32)63)37-6-7-40(59)52-45(37)62/h3-5,10,15,20-25,30,37,49,57H,6-9,11-14,16-19,26H2,1-2H3,(H,51,61)(H,52,59,62). The number of hydrogen-bond donors (Lipinski definition) is 4. The summed E-state index contributed by atoms with van der Waals surface area (Å²) in [7, 11) is 1.69. The average Bonchev–Trinajstić information content (AvgIpc) is 4.01. The third kappa shape index (κ3) is 10.1. The van der Waals surface area contributed by atoms with Gasteiger partial charge in [0.1, 0.15) is 24.5 Å². The monoisotopic (exact) mass is 936 g/mol. The molecule has 0 bridgehead atoms. The molecular weight excluding hydrogens is 888 g/mol. The minimum absolute atomic E-state index is 0.0270. The van der Waals surface area contributed by atoms with Crippen molar-refractivity contribution in [3.05, 3.63) is 101 Å². The average molecular weight is 937 g/mol. The number of likely N-dealkylation sites (tertiary alicyclic amines) is 1. The van der Waals surface area contributed by atoms with Crippen molar-refractivity contribution in [3.63, 3.8) is 0 Å². The molecule has 2 saturated heterocycles. The smallest absolute Gasteiger partial charge is 0.264 e. The lowest BCUT2D eigenvalue weighted by Gasteiger charge is -2.32. The van der Waals surface area contributed by atoms with Gasteiger partial charge in [-0.25, -0.2) is 14.2 Å². The third-order valence-electron chi connectivity index (χ3n) is 11.8. The van der Waals surface area contributed by atoms with Gasteiger partial charge < -0.3 is 34.5 Å². The number of nitrogens with zero attached hydrogens (tertiary/aromatic N) is 5. The van der Waals surface area contributed by atoms with Crippen molar-refractivity contribution < 1.29 is 62.3 Å². The summed E-state index contributed by atoms with van der Waals surface area (Å²) < 4.78 is 30.8. The summed E-state index contributed by atoms with van der Waals surface area (Å²) in [6, 6.07) is 11.4. The summed E-state index contributed by atoms with van der Waals surface area (Å²) >= 11 is 0. The number of aliphatic hydroxyl groups is 1. The molecule has 0 saturated carbocycles. The number of imide groups is 2. The Bertz CT molecular complexity index is 2800. The summed E-state index contributed by atoms with van der Waals surface area (Å²) in [4.78, 5) is 103. The number of carbonyl (C=O) groups excluding carboxylic acids is 7. The predicted molar refractivity (Wildman–Crippen MR) is 239 cm³/mol. The van der Waals surface area contributed by atoms with Crippen LogP contribution in [0.25, 0.3) is 16.6 Å². The Labute approximate surface area is 388 Å². The van der Waals surface area contributed by atoms with Crippen LogP contribution in [-0.4, -0.2) is 129 Å². The number of piperidine rings is 2. The molecule has 21 heteroatoms. The van der Waals surface area contributed by atoms with Crippen LogP contribution in [0.1, 0.15) is 86.2 Å². The van der Waals surface area contributed by atoms with Gasteiger partial charge in [-0.15, -0.1) is 0 Å². The molecular formula is C47H49FN8O12. The Balaban J connectivity index is 0.751. The van der Waals surface area contributed by atoms with E-state index in [2.05, 4.69) is 21.0 Å². The highest BCUT2D eigenvalue weighted by Crippen LogP contribution is 2.34. The molecule has 8 rings (SSSR count). The second-order valence-corrected chi connectivity index (χ2v) is 16.4. The van der Waals surface area contributed by atoms with Crippen LogP contribution < -0.4 is 20.7 Å². The first kappa shape index (κ1) is 47.2. The molecule has 3 aliphatic heterocycles. The van der Waals surface area contributed by atoms with Crippen molar-refractivity contribution in [1.82, 2.24) is 29.3 Å². The molecule has 0 aliphatic carbocycles. The number of halogens is 1. The zero-order chi connectivity index (χ0) is 48.1. The maximum absolute atomic E-state index is 15.8. The second kappa shape index (κ2) is 20.7. The molecule has 1 atom stereocenters. The topological polar surface area (TPSA) is 241 Å². The van der Waals surface area contributed by atoms with Gasteiger partial charge in [-0.2, -0.15) is 5.10 Å². The van der Waals surface area contributed by atoms with Gasteiger partial charge in [0.2, 0.25) is 17.7 Å². The van der Waals surface area contributed by atoms with Crippen molar-refractivity contribution in [3.8, 4) is 16.9 Å². The lowest BCUT2D eigenvalue weighted by atomic mass is 10.0. The summed E-state index contributed by atoms with van der Waals surface area (Å²) in [5, 5.41) is 21.9. The molecule has 2 aromatic carbocycles. The largest absolute Gasteiger partial charge is 0.490 e. The first-order chi connectivity index (χ1) is 32.8. The minimum atomic E-state index is -1.06. The van der Waals surface area contributed by atoms with Gasteiger partial charge >= 0.3 is 0 Å². The van der Waals surface area contributed by atoms with E-state index in [4.69, 9.17) is 19.2 Å². The molecule has 20 nitrogen and oxygen atoms in total.